The molecule has 1 aliphatic rings. The molecule has 0 aliphatic carbocycles. The van der Waals surface area contributed by atoms with E-state index >= 15 is 0 Å². The molecule has 0 saturated carbocycles. The van der Waals surface area contributed by atoms with E-state index in [9.17, 15) is 22.8 Å². The van der Waals surface area contributed by atoms with E-state index in [1.807, 2.05) is 0 Å². The van der Waals surface area contributed by atoms with E-state index in [1.165, 1.54) is 6.07 Å². The molecular weight excluding hydrogens is 317 g/mol. The predicted molar refractivity (Wildman–Crippen MR) is 70.8 cm³/mol. The highest BCUT2D eigenvalue weighted by Crippen LogP contribution is 2.34. The number of anilines is 1. The first kappa shape index (κ1) is 15.1. The number of fused-ring (bicyclic) bond motifs is 1. The van der Waals surface area contributed by atoms with Crippen molar-refractivity contribution in [1.82, 2.24) is 4.98 Å². The summed E-state index contributed by atoms with van der Waals surface area (Å²) in [5.41, 5.74) is -0.441. The number of nitrogens with one attached hydrogen (secondary N) is 1. The van der Waals surface area contributed by atoms with Crippen LogP contribution in [-0.4, -0.2) is 22.0 Å². The number of carbonyl (C=O) groups excluding carboxylic acids is 1. The van der Waals surface area contributed by atoms with Gasteiger partial charge in [-0.3, -0.25) is 4.79 Å². The van der Waals surface area contributed by atoms with Crippen molar-refractivity contribution in [3.8, 4) is 11.5 Å². The largest absolute Gasteiger partial charge is 0.475 e. The molecule has 0 atom stereocenters. The molecule has 0 spiro atoms. The maximum atomic E-state index is 14.1. The molecule has 23 heavy (non-hydrogen) atoms. The number of rotatable bonds is 3. The van der Waals surface area contributed by atoms with Crippen molar-refractivity contribution < 1.29 is 32.3 Å². The van der Waals surface area contributed by atoms with E-state index in [0.29, 0.717) is 12.0 Å². The molecule has 0 saturated heterocycles. The van der Waals surface area contributed by atoms with Crippen LogP contribution in [0.15, 0.2) is 16.5 Å². The Morgan fingerprint density at radius 1 is 1.35 bits per heavy atom. The average Bonchev–Trinajstić information content (AvgIpc) is 2.91. The van der Waals surface area contributed by atoms with Gasteiger partial charge in [0.2, 0.25) is 17.6 Å². The number of carbonyl (C=O) groups is 2. The van der Waals surface area contributed by atoms with Crippen LogP contribution in [0.3, 0.4) is 0 Å². The Morgan fingerprint density at radius 2 is 2.09 bits per heavy atom. The fourth-order valence-corrected chi connectivity index (χ4v) is 2.31. The Kier molecular flexibility index (Phi) is 3.55. The number of aromatic carboxylic acids is 1. The summed E-state index contributed by atoms with van der Waals surface area (Å²) in [6.45, 7) is 0. The van der Waals surface area contributed by atoms with Gasteiger partial charge in [-0.25, -0.2) is 22.9 Å². The van der Waals surface area contributed by atoms with Crippen LogP contribution in [0.1, 0.15) is 34.7 Å². The van der Waals surface area contributed by atoms with Gasteiger partial charge in [0.25, 0.3) is 6.43 Å². The first-order valence-corrected chi connectivity index (χ1v) is 6.51. The van der Waals surface area contributed by atoms with E-state index in [4.69, 9.17) is 9.52 Å². The van der Waals surface area contributed by atoms with Gasteiger partial charge >= 0.3 is 5.97 Å². The Balaban J connectivity index is 2.10. The Hall–Kier alpha value is -2.84. The lowest BCUT2D eigenvalue weighted by atomic mass is 10.00. The Morgan fingerprint density at radius 3 is 2.70 bits per heavy atom. The predicted octanol–water partition coefficient (Wildman–Crippen LogP) is 3.00. The van der Waals surface area contributed by atoms with Crippen LogP contribution < -0.4 is 5.32 Å². The van der Waals surface area contributed by atoms with Gasteiger partial charge in [-0.1, -0.05) is 0 Å². The maximum Gasteiger partial charge on any atom is 0.374 e. The lowest BCUT2D eigenvalue weighted by Crippen LogP contribution is -2.19. The molecule has 3 rings (SSSR count). The number of alkyl halides is 2. The van der Waals surface area contributed by atoms with Crippen LogP contribution in [0.25, 0.3) is 11.5 Å². The molecular formula is C14H9F3N2O4. The summed E-state index contributed by atoms with van der Waals surface area (Å²) in [5.74, 6) is -4.42. The summed E-state index contributed by atoms with van der Waals surface area (Å²) in [5, 5.41) is 11.3. The van der Waals surface area contributed by atoms with Gasteiger partial charge in [-0.15, -0.1) is 0 Å². The first-order valence-electron chi connectivity index (χ1n) is 6.51. The van der Waals surface area contributed by atoms with E-state index < -0.39 is 35.6 Å². The van der Waals surface area contributed by atoms with Crippen molar-refractivity contribution in [2.45, 2.75) is 19.3 Å². The molecule has 6 nitrogen and oxygen atoms in total. The van der Waals surface area contributed by atoms with Crippen LogP contribution in [0.2, 0.25) is 0 Å². The summed E-state index contributed by atoms with van der Waals surface area (Å²) >= 11 is 0. The van der Waals surface area contributed by atoms with Crippen molar-refractivity contribution in [2.75, 3.05) is 5.32 Å². The van der Waals surface area contributed by atoms with Gasteiger partial charge in [0.05, 0.1) is 5.56 Å². The zero-order valence-electron chi connectivity index (χ0n) is 11.4. The second-order valence-corrected chi connectivity index (χ2v) is 4.88. The molecule has 2 heterocycles. The number of amides is 1. The third kappa shape index (κ3) is 2.65. The fourth-order valence-electron chi connectivity index (χ4n) is 2.31. The van der Waals surface area contributed by atoms with E-state index in [0.717, 1.165) is 6.07 Å². The molecule has 0 bridgehead atoms. The molecule has 2 N–H and O–H groups in total. The molecule has 1 amide bonds. The summed E-state index contributed by atoms with van der Waals surface area (Å²) in [4.78, 5) is 25.6. The number of halogens is 3. The quantitative estimate of drug-likeness (QED) is 0.904. The number of aromatic nitrogens is 1. The smallest absolute Gasteiger partial charge is 0.374 e. The minimum atomic E-state index is -3.17. The topological polar surface area (TPSA) is 92.4 Å². The highest BCUT2D eigenvalue weighted by molar-refractivity contribution is 5.94. The van der Waals surface area contributed by atoms with E-state index in [1.54, 1.807) is 0 Å². The van der Waals surface area contributed by atoms with Gasteiger partial charge in [-0.2, -0.15) is 0 Å². The van der Waals surface area contributed by atoms with Crippen molar-refractivity contribution >= 4 is 17.6 Å². The minimum absolute atomic E-state index is 0.201. The van der Waals surface area contributed by atoms with Crippen molar-refractivity contribution in [2.24, 2.45) is 0 Å². The zero-order valence-corrected chi connectivity index (χ0v) is 11.4. The van der Waals surface area contributed by atoms with Crippen molar-refractivity contribution in [1.29, 1.82) is 0 Å². The molecule has 0 fully saturated rings. The first-order chi connectivity index (χ1) is 10.9. The van der Waals surface area contributed by atoms with Gasteiger partial charge in [-0.05, 0) is 24.1 Å². The number of hydrogen-bond acceptors (Lipinski definition) is 4. The zero-order chi connectivity index (χ0) is 16.7. The van der Waals surface area contributed by atoms with Crippen LogP contribution >= 0.6 is 0 Å². The molecule has 0 unspecified atom stereocenters. The number of aryl methyl sites for hydroxylation is 1. The second kappa shape index (κ2) is 5.41. The number of carboxylic acid groups (broad SMARTS) is 1. The van der Waals surface area contributed by atoms with Crippen molar-refractivity contribution in [3.63, 3.8) is 0 Å². The Labute approximate surface area is 126 Å². The monoisotopic (exact) mass is 326 g/mol. The van der Waals surface area contributed by atoms with Crippen molar-refractivity contribution in [3.05, 3.63) is 35.0 Å². The lowest BCUT2D eigenvalue weighted by Gasteiger charge is -2.17. The van der Waals surface area contributed by atoms with Crippen LogP contribution in [0, 0.1) is 5.82 Å². The van der Waals surface area contributed by atoms with Crippen LogP contribution in [0.5, 0.6) is 0 Å². The lowest BCUT2D eigenvalue weighted by molar-refractivity contribution is -0.116. The minimum Gasteiger partial charge on any atom is -0.475 e. The van der Waals surface area contributed by atoms with Gasteiger partial charge < -0.3 is 14.8 Å². The highest BCUT2D eigenvalue weighted by Gasteiger charge is 2.28. The van der Waals surface area contributed by atoms with Gasteiger partial charge in [0.15, 0.2) is 5.69 Å². The third-order valence-corrected chi connectivity index (χ3v) is 3.37. The SMILES string of the molecule is O=C1CCc2cc(-c3nc(C(F)F)c(C(=O)O)o3)c(F)cc2N1. The number of carboxylic acids is 1. The molecule has 0 radical (unpaired) electrons. The second-order valence-electron chi connectivity index (χ2n) is 4.88. The molecule has 2 aromatic rings. The highest BCUT2D eigenvalue weighted by atomic mass is 19.3. The normalized spacial score (nSPS) is 13.8. The van der Waals surface area contributed by atoms with Gasteiger partial charge in [0, 0.05) is 12.1 Å². The molecule has 1 aliphatic heterocycles. The van der Waals surface area contributed by atoms with E-state index in [2.05, 4.69) is 10.3 Å². The third-order valence-electron chi connectivity index (χ3n) is 3.37. The summed E-state index contributed by atoms with van der Waals surface area (Å²) in [6.07, 6.45) is -2.63. The summed E-state index contributed by atoms with van der Waals surface area (Å²) in [7, 11) is 0. The fraction of sp³-hybridized carbons (Fsp3) is 0.214. The molecule has 1 aromatic carbocycles. The number of hydrogen-bond donors (Lipinski definition) is 2. The molecule has 120 valence electrons. The summed E-state index contributed by atoms with van der Waals surface area (Å²) < 4.78 is 44.6. The number of oxazole rings is 1. The van der Waals surface area contributed by atoms with Crippen LogP contribution in [0.4, 0.5) is 18.9 Å². The maximum absolute atomic E-state index is 14.1. The van der Waals surface area contributed by atoms with Gasteiger partial charge in [0.1, 0.15) is 5.82 Å². The summed E-state index contributed by atoms with van der Waals surface area (Å²) in [6, 6.07) is 2.32. The standard InChI is InChI=1S/C14H9F3N2O4/c15-7-4-8-5(1-2-9(20)18-8)3-6(7)13-19-10(12(16)17)11(23-13)14(21)22/h3-4,12H,1-2H2,(H,18,20)(H,21,22). The molecule has 9 heteroatoms. The Bertz CT molecular complexity index is 817. The molecule has 1 aromatic heterocycles. The number of nitrogens with zero attached hydrogens (tertiary/aromatic N) is 1. The van der Waals surface area contributed by atoms with E-state index in [-0.39, 0.29) is 23.6 Å². The van der Waals surface area contributed by atoms with Crippen LogP contribution in [-0.2, 0) is 11.2 Å². The average molecular weight is 326 g/mol. The number of benzene rings is 1.